The van der Waals surface area contributed by atoms with Gasteiger partial charge in [-0.1, -0.05) is 39.8 Å². The number of H-pyrrole nitrogens is 2. The van der Waals surface area contributed by atoms with E-state index in [2.05, 4.69) is 49.8 Å². The van der Waals surface area contributed by atoms with Crippen LogP contribution >= 0.6 is 0 Å². The maximum atomic E-state index is 15.7. The van der Waals surface area contributed by atoms with Crippen molar-refractivity contribution in [2.45, 2.75) is 109 Å². The maximum absolute atomic E-state index is 15.7. The topological polar surface area (TPSA) is 198 Å². The minimum atomic E-state index is -1.24. The molecule has 0 aliphatic carbocycles. The molecule has 6 atom stereocenters. The van der Waals surface area contributed by atoms with E-state index in [1.54, 1.807) is 15.9 Å². The summed E-state index contributed by atoms with van der Waals surface area (Å²) >= 11 is 0. The third kappa shape index (κ3) is 8.63. The zero-order valence-electron chi connectivity index (χ0n) is 37.2. The highest BCUT2D eigenvalue weighted by atomic mass is 19.1. The van der Waals surface area contributed by atoms with Gasteiger partial charge >= 0.3 is 12.2 Å². The van der Waals surface area contributed by atoms with E-state index >= 15 is 4.39 Å². The number of halogens is 1. The van der Waals surface area contributed by atoms with Crippen LogP contribution in [0, 0.1) is 17.7 Å². The van der Waals surface area contributed by atoms with Gasteiger partial charge in [0.1, 0.15) is 23.7 Å². The average molecular weight is 880 g/mol. The number of fused-ring (bicyclic) bond motifs is 2. The van der Waals surface area contributed by atoms with Gasteiger partial charge in [0.15, 0.2) is 11.6 Å². The lowest BCUT2D eigenvalue weighted by Crippen LogP contribution is -2.51. The highest BCUT2D eigenvalue weighted by Gasteiger charge is 2.40. The SMILES string of the molecule is CCOc1ccc(N2[C@@H](c3ccc4nc([C@@H]5CCCN5C(=O)[C@@H](NC(=O)O)C(C)C)[nH]c4c3)CC[C@@H]2c2ccc3nc([C@@H]4CCCN4C(=O)[C@@H](NC(=O)OC)C(C)C)[nH]c3c2)cc1F. The number of nitrogens with one attached hydrogen (secondary N) is 4. The number of nitrogens with zero attached hydrogens (tertiary/aromatic N) is 5. The first-order valence-corrected chi connectivity index (χ1v) is 22.4. The molecule has 340 valence electrons. The molecule has 0 spiro atoms. The van der Waals surface area contributed by atoms with Crippen LogP contribution in [0.4, 0.5) is 19.7 Å². The van der Waals surface area contributed by atoms with E-state index in [0.29, 0.717) is 43.5 Å². The Morgan fingerprint density at radius 1 is 0.750 bits per heavy atom. The average Bonchev–Trinajstić information content (AvgIpc) is 4.12. The van der Waals surface area contributed by atoms with Gasteiger partial charge in [-0.05, 0) is 105 Å². The first kappa shape index (κ1) is 44.2. The standard InChI is InChI=1S/C47H58FN9O7/c1-7-64-39-19-14-29(24-30(39)48)57-35(27-12-15-31-33(22-27)51-42(49-31)37-10-8-20-55(37)44(58)40(25(2)3)53-46(60)61)17-18-36(57)28-13-16-32-34(23-28)52-43(50-32)38-11-9-21-56(38)45(59)41(26(4)5)54-47(62)63-6/h12-16,19,22-26,35-38,40-41,53H,7-11,17-18,20-21H2,1-6H3,(H,49,51)(H,50,52)(H,54,62)(H,60,61)/t35-,36-,37+,38+,40+,41+/m1/s1. The molecule has 0 saturated carbocycles. The molecule has 4 amide bonds. The van der Waals surface area contributed by atoms with E-state index in [1.165, 1.54) is 13.2 Å². The number of rotatable bonds is 13. The zero-order chi connectivity index (χ0) is 45.4. The Hall–Kier alpha value is -6.39. The predicted molar refractivity (Wildman–Crippen MR) is 238 cm³/mol. The fourth-order valence-corrected chi connectivity index (χ4v) is 9.91. The van der Waals surface area contributed by atoms with Crippen LogP contribution in [0.25, 0.3) is 22.1 Å². The number of benzene rings is 3. The van der Waals surface area contributed by atoms with Crippen LogP contribution in [0.1, 0.15) is 120 Å². The Morgan fingerprint density at radius 2 is 1.27 bits per heavy atom. The summed E-state index contributed by atoms with van der Waals surface area (Å²) in [6.45, 7) is 10.6. The van der Waals surface area contributed by atoms with Crippen molar-refractivity contribution >= 4 is 51.8 Å². The maximum Gasteiger partial charge on any atom is 0.407 e. The number of carboxylic acid groups (broad SMARTS) is 1. The number of carbonyl (C=O) groups excluding carboxylic acids is 3. The summed E-state index contributed by atoms with van der Waals surface area (Å²) < 4.78 is 26.1. The van der Waals surface area contributed by atoms with Gasteiger partial charge in [0.25, 0.3) is 0 Å². The molecule has 0 bridgehead atoms. The summed E-state index contributed by atoms with van der Waals surface area (Å²) in [5.41, 5.74) is 5.89. The number of alkyl carbamates (subject to hydrolysis) is 1. The molecule has 16 nitrogen and oxygen atoms in total. The molecule has 3 fully saturated rings. The van der Waals surface area contributed by atoms with Crippen LogP contribution in [-0.4, -0.2) is 97.7 Å². The molecule has 64 heavy (non-hydrogen) atoms. The summed E-state index contributed by atoms with van der Waals surface area (Å²) in [7, 11) is 1.28. The quantitative estimate of drug-likeness (QED) is 0.0771. The third-order valence-electron chi connectivity index (χ3n) is 13.0. The number of ether oxygens (including phenoxy) is 2. The molecule has 0 unspecified atom stereocenters. The van der Waals surface area contributed by atoms with Crippen molar-refractivity contribution in [1.29, 1.82) is 0 Å². The Morgan fingerprint density at radius 3 is 1.72 bits per heavy atom. The number of methoxy groups -OCH3 is 1. The van der Waals surface area contributed by atoms with E-state index in [-0.39, 0.29) is 53.6 Å². The number of hydrogen-bond donors (Lipinski definition) is 5. The zero-order valence-corrected chi connectivity index (χ0v) is 37.2. The van der Waals surface area contributed by atoms with Gasteiger partial charge in [-0.15, -0.1) is 0 Å². The number of aromatic nitrogens is 4. The molecular formula is C47H58FN9O7. The molecule has 3 aliphatic rings. The van der Waals surface area contributed by atoms with Crippen molar-refractivity contribution in [3.8, 4) is 5.75 Å². The second-order valence-corrected chi connectivity index (χ2v) is 17.8. The summed E-state index contributed by atoms with van der Waals surface area (Å²) in [5.74, 6) is 0.257. The molecular weight excluding hydrogens is 822 g/mol. The lowest BCUT2D eigenvalue weighted by Gasteiger charge is -2.33. The first-order chi connectivity index (χ1) is 30.8. The Bertz CT molecular complexity index is 2540. The molecule has 3 aliphatic heterocycles. The van der Waals surface area contributed by atoms with Gasteiger partial charge in [-0.25, -0.2) is 23.9 Å². The van der Waals surface area contributed by atoms with E-state index in [1.807, 2.05) is 52.8 Å². The Balaban J connectivity index is 1.09. The first-order valence-electron chi connectivity index (χ1n) is 22.4. The van der Waals surface area contributed by atoms with E-state index in [0.717, 1.165) is 65.3 Å². The predicted octanol–water partition coefficient (Wildman–Crippen LogP) is 8.06. The summed E-state index contributed by atoms with van der Waals surface area (Å²) in [6.07, 6.45) is 2.65. The number of likely N-dealkylation sites (tertiary alicyclic amines) is 2. The molecule has 3 aromatic carbocycles. The fraction of sp³-hybridized carbons (Fsp3) is 0.489. The minimum absolute atomic E-state index is 0.140. The summed E-state index contributed by atoms with van der Waals surface area (Å²) in [6, 6.07) is 14.9. The van der Waals surface area contributed by atoms with Crippen LogP contribution in [0.15, 0.2) is 54.6 Å². The van der Waals surface area contributed by atoms with Crippen molar-refractivity contribution in [2.24, 2.45) is 11.8 Å². The summed E-state index contributed by atoms with van der Waals surface area (Å²) in [5, 5.41) is 14.6. The van der Waals surface area contributed by atoms with Crippen molar-refractivity contribution in [3.05, 3.63) is 83.2 Å². The van der Waals surface area contributed by atoms with Gasteiger partial charge in [-0.3, -0.25) is 9.59 Å². The van der Waals surface area contributed by atoms with Crippen molar-refractivity contribution in [2.75, 3.05) is 31.7 Å². The monoisotopic (exact) mass is 879 g/mol. The molecule has 8 rings (SSSR count). The van der Waals surface area contributed by atoms with Crippen molar-refractivity contribution in [3.63, 3.8) is 0 Å². The van der Waals surface area contributed by atoms with Gasteiger partial charge in [0.05, 0.1) is 60.0 Å². The number of amides is 4. The molecule has 17 heteroatoms. The van der Waals surface area contributed by atoms with Gasteiger partial charge in [0, 0.05) is 24.8 Å². The number of carbonyl (C=O) groups is 4. The van der Waals surface area contributed by atoms with Crippen molar-refractivity contribution in [1.82, 2.24) is 40.4 Å². The molecule has 5 heterocycles. The Labute approximate surface area is 371 Å². The summed E-state index contributed by atoms with van der Waals surface area (Å²) in [4.78, 5) is 73.9. The number of aromatic amines is 2. The van der Waals surface area contributed by atoms with Crippen molar-refractivity contribution < 1.29 is 38.1 Å². The van der Waals surface area contributed by atoms with E-state index in [9.17, 15) is 24.3 Å². The molecule has 5 aromatic rings. The lowest BCUT2D eigenvalue weighted by atomic mass is 10.0. The molecule has 5 N–H and O–H groups in total. The van der Waals surface area contributed by atoms with Gasteiger partial charge < -0.3 is 49.9 Å². The second kappa shape index (κ2) is 18.4. The minimum Gasteiger partial charge on any atom is -0.491 e. The lowest BCUT2D eigenvalue weighted by molar-refractivity contribution is -0.136. The molecule has 3 saturated heterocycles. The molecule has 2 aromatic heterocycles. The number of imidazole rings is 2. The van der Waals surface area contributed by atoms with Crippen LogP contribution in [-0.2, 0) is 14.3 Å². The van der Waals surface area contributed by atoms with E-state index < -0.39 is 30.1 Å². The smallest absolute Gasteiger partial charge is 0.407 e. The van der Waals surface area contributed by atoms with Crippen LogP contribution < -0.4 is 20.3 Å². The van der Waals surface area contributed by atoms with E-state index in [4.69, 9.17) is 19.4 Å². The normalized spacial score (nSPS) is 21.0. The highest BCUT2D eigenvalue weighted by molar-refractivity contribution is 5.87. The van der Waals surface area contributed by atoms with Gasteiger partial charge in [0.2, 0.25) is 11.8 Å². The van der Waals surface area contributed by atoms with Crippen LogP contribution in [0.2, 0.25) is 0 Å². The number of anilines is 1. The van der Waals surface area contributed by atoms with Crippen LogP contribution in [0.5, 0.6) is 5.75 Å². The van der Waals surface area contributed by atoms with Crippen LogP contribution in [0.3, 0.4) is 0 Å². The second-order valence-electron chi connectivity index (χ2n) is 17.8. The largest absolute Gasteiger partial charge is 0.491 e. The third-order valence-corrected chi connectivity index (χ3v) is 13.0. The highest BCUT2D eigenvalue weighted by Crippen LogP contribution is 2.48. The van der Waals surface area contributed by atoms with Gasteiger partial charge in [-0.2, -0.15) is 0 Å². The Kier molecular flexibility index (Phi) is 12.7. The molecule has 0 radical (unpaired) electrons. The number of hydrogen-bond acceptors (Lipinski definition) is 9. The fourth-order valence-electron chi connectivity index (χ4n) is 9.91.